The molecule has 3 rings (SSSR count). The summed E-state index contributed by atoms with van der Waals surface area (Å²) in [6, 6.07) is 10.6. The Morgan fingerprint density at radius 1 is 1.19 bits per heavy atom. The number of hydrogen-bond donors (Lipinski definition) is 2. The number of pyridine rings is 1. The van der Waals surface area contributed by atoms with E-state index in [1.807, 2.05) is 12.1 Å². The molecule has 1 aromatic heterocycles. The fraction of sp³-hybridized carbons (Fsp3) is 0.158. The summed E-state index contributed by atoms with van der Waals surface area (Å²) in [7, 11) is 0. The van der Waals surface area contributed by atoms with E-state index in [2.05, 4.69) is 4.74 Å². The molecule has 1 heterocycles. The predicted molar refractivity (Wildman–Crippen MR) is 103 cm³/mol. The van der Waals surface area contributed by atoms with Crippen LogP contribution in [0.1, 0.15) is 11.1 Å². The standard InChI is InChI=1S/C19H15Cl2NO5/c20-14-3-1-2-12(17(14)21)8-11-4-5-15-13(9-11)18(24)16(27-19(25)26)10-22(15)6-7-23/h1-5,9-10,23H,6-8H2,(H,25,26). The lowest BCUT2D eigenvalue weighted by Gasteiger charge is -2.13. The summed E-state index contributed by atoms with van der Waals surface area (Å²) in [4.78, 5) is 23.5. The molecule has 27 heavy (non-hydrogen) atoms. The monoisotopic (exact) mass is 407 g/mol. The number of benzene rings is 2. The average molecular weight is 408 g/mol. The van der Waals surface area contributed by atoms with Crippen LogP contribution in [0.2, 0.25) is 10.0 Å². The van der Waals surface area contributed by atoms with Crippen molar-refractivity contribution in [2.75, 3.05) is 6.61 Å². The molecule has 2 aromatic carbocycles. The van der Waals surface area contributed by atoms with E-state index in [9.17, 15) is 14.7 Å². The average Bonchev–Trinajstić information content (AvgIpc) is 2.63. The van der Waals surface area contributed by atoms with Crippen LogP contribution in [0.3, 0.4) is 0 Å². The van der Waals surface area contributed by atoms with Gasteiger partial charge in [-0.2, -0.15) is 0 Å². The van der Waals surface area contributed by atoms with Crippen LogP contribution in [0, 0.1) is 0 Å². The van der Waals surface area contributed by atoms with Gasteiger partial charge in [-0.05, 0) is 35.7 Å². The third-order valence-corrected chi connectivity index (χ3v) is 4.93. The van der Waals surface area contributed by atoms with Crippen molar-refractivity contribution in [3.8, 4) is 5.75 Å². The van der Waals surface area contributed by atoms with Crippen molar-refractivity contribution in [2.45, 2.75) is 13.0 Å². The van der Waals surface area contributed by atoms with Crippen molar-refractivity contribution in [3.05, 3.63) is 74.0 Å². The number of aliphatic hydroxyl groups excluding tert-OH is 1. The molecule has 0 atom stereocenters. The highest BCUT2D eigenvalue weighted by molar-refractivity contribution is 6.42. The number of nitrogens with zero attached hydrogens (tertiary/aromatic N) is 1. The lowest BCUT2D eigenvalue weighted by atomic mass is 10.0. The second-order valence-corrected chi connectivity index (χ2v) is 6.63. The van der Waals surface area contributed by atoms with Crippen LogP contribution in [-0.2, 0) is 13.0 Å². The van der Waals surface area contributed by atoms with Crippen LogP contribution >= 0.6 is 23.2 Å². The van der Waals surface area contributed by atoms with Crippen molar-refractivity contribution < 1.29 is 19.7 Å². The molecule has 8 heteroatoms. The molecule has 0 bridgehead atoms. The number of carboxylic acid groups (broad SMARTS) is 1. The summed E-state index contributed by atoms with van der Waals surface area (Å²) in [6.07, 6.45) is 0.144. The SMILES string of the molecule is O=C(O)Oc1cn(CCO)c2ccc(Cc3cccc(Cl)c3Cl)cc2c1=O. The van der Waals surface area contributed by atoms with Crippen molar-refractivity contribution in [2.24, 2.45) is 0 Å². The minimum Gasteiger partial charge on any atom is -0.449 e. The molecule has 0 amide bonds. The van der Waals surface area contributed by atoms with Crippen LogP contribution in [0.5, 0.6) is 5.75 Å². The first-order valence-electron chi connectivity index (χ1n) is 8.01. The van der Waals surface area contributed by atoms with Gasteiger partial charge in [-0.15, -0.1) is 0 Å². The summed E-state index contributed by atoms with van der Waals surface area (Å²) in [5, 5.41) is 19.3. The highest BCUT2D eigenvalue weighted by Gasteiger charge is 2.14. The van der Waals surface area contributed by atoms with E-state index in [1.165, 1.54) is 6.20 Å². The van der Waals surface area contributed by atoms with Crippen LogP contribution in [0.25, 0.3) is 10.9 Å². The second kappa shape index (κ2) is 8.00. The lowest BCUT2D eigenvalue weighted by molar-refractivity contribution is 0.143. The first kappa shape index (κ1) is 19.2. The molecule has 0 unspecified atom stereocenters. The van der Waals surface area contributed by atoms with Gasteiger partial charge >= 0.3 is 6.16 Å². The molecule has 0 aliphatic rings. The van der Waals surface area contributed by atoms with E-state index in [0.717, 1.165) is 11.1 Å². The minimum absolute atomic E-state index is 0.176. The Morgan fingerprint density at radius 2 is 1.96 bits per heavy atom. The first-order chi connectivity index (χ1) is 12.9. The van der Waals surface area contributed by atoms with Gasteiger partial charge in [0, 0.05) is 11.9 Å². The van der Waals surface area contributed by atoms with Gasteiger partial charge in [-0.1, -0.05) is 41.4 Å². The van der Waals surface area contributed by atoms with E-state index in [-0.39, 0.29) is 24.3 Å². The van der Waals surface area contributed by atoms with Gasteiger partial charge in [0.2, 0.25) is 5.43 Å². The summed E-state index contributed by atoms with van der Waals surface area (Å²) >= 11 is 12.3. The maximum Gasteiger partial charge on any atom is 0.511 e. The molecule has 3 aromatic rings. The molecule has 0 radical (unpaired) electrons. The molecule has 0 saturated heterocycles. The van der Waals surface area contributed by atoms with Gasteiger partial charge in [0.25, 0.3) is 0 Å². The maximum atomic E-state index is 12.6. The van der Waals surface area contributed by atoms with E-state index >= 15 is 0 Å². The number of ether oxygens (including phenoxy) is 1. The number of halogens is 2. The molecule has 140 valence electrons. The highest BCUT2D eigenvalue weighted by Crippen LogP contribution is 2.28. The molecule has 0 aliphatic carbocycles. The van der Waals surface area contributed by atoms with Crippen LogP contribution < -0.4 is 10.2 Å². The zero-order chi connectivity index (χ0) is 19.6. The second-order valence-electron chi connectivity index (χ2n) is 5.85. The van der Waals surface area contributed by atoms with E-state index in [4.69, 9.17) is 28.3 Å². The third-order valence-electron chi connectivity index (χ3n) is 4.08. The molecular formula is C19H15Cl2NO5. The Hall–Kier alpha value is -2.54. The molecule has 0 aliphatic heterocycles. The zero-order valence-electron chi connectivity index (χ0n) is 14.0. The van der Waals surface area contributed by atoms with E-state index in [1.54, 1.807) is 28.8 Å². The van der Waals surface area contributed by atoms with Crippen molar-refractivity contribution >= 4 is 40.3 Å². The van der Waals surface area contributed by atoms with Gasteiger partial charge < -0.3 is 19.5 Å². The Morgan fingerprint density at radius 3 is 2.67 bits per heavy atom. The quantitative estimate of drug-likeness (QED) is 0.625. The van der Waals surface area contributed by atoms with Gasteiger partial charge in [-0.25, -0.2) is 4.79 Å². The molecule has 0 saturated carbocycles. The fourth-order valence-corrected chi connectivity index (χ4v) is 3.28. The number of aromatic nitrogens is 1. The van der Waals surface area contributed by atoms with E-state index < -0.39 is 11.6 Å². The van der Waals surface area contributed by atoms with Crippen molar-refractivity contribution in [1.29, 1.82) is 0 Å². The lowest BCUT2D eigenvalue weighted by Crippen LogP contribution is -2.17. The Labute approximate surface area is 164 Å². The summed E-state index contributed by atoms with van der Waals surface area (Å²) < 4.78 is 6.17. The Kier molecular flexibility index (Phi) is 5.70. The molecule has 0 fully saturated rings. The molecular weight excluding hydrogens is 393 g/mol. The summed E-state index contributed by atoms with van der Waals surface area (Å²) in [5.74, 6) is -0.318. The number of aliphatic hydroxyl groups is 1. The third kappa shape index (κ3) is 4.08. The highest BCUT2D eigenvalue weighted by atomic mass is 35.5. The summed E-state index contributed by atoms with van der Waals surface area (Å²) in [6.45, 7) is 0.0105. The number of fused-ring (bicyclic) bond motifs is 1. The van der Waals surface area contributed by atoms with Crippen LogP contribution in [-0.4, -0.2) is 27.5 Å². The zero-order valence-corrected chi connectivity index (χ0v) is 15.5. The Balaban J connectivity index is 2.12. The molecule has 6 nitrogen and oxygen atoms in total. The van der Waals surface area contributed by atoms with Crippen molar-refractivity contribution in [3.63, 3.8) is 0 Å². The number of carbonyl (C=O) groups is 1. The smallest absolute Gasteiger partial charge is 0.449 e. The molecule has 2 N–H and O–H groups in total. The van der Waals surface area contributed by atoms with E-state index in [0.29, 0.717) is 22.0 Å². The molecule has 0 spiro atoms. The number of hydrogen-bond acceptors (Lipinski definition) is 4. The number of rotatable bonds is 5. The largest absolute Gasteiger partial charge is 0.511 e. The van der Waals surface area contributed by atoms with Gasteiger partial charge in [0.1, 0.15) is 0 Å². The van der Waals surface area contributed by atoms with Crippen LogP contribution in [0.4, 0.5) is 4.79 Å². The van der Waals surface area contributed by atoms with Gasteiger partial charge in [0.05, 0.1) is 28.4 Å². The van der Waals surface area contributed by atoms with Crippen LogP contribution in [0.15, 0.2) is 47.4 Å². The summed E-state index contributed by atoms with van der Waals surface area (Å²) in [5.41, 5.74) is 1.62. The van der Waals surface area contributed by atoms with Gasteiger partial charge in [0.15, 0.2) is 5.75 Å². The van der Waals surface area contributed by atoms with Crippen molar-refractivity contribution in [1.82, 2.24) is 4.57 Å². The Bertz CT molecular complexity index is 1080. The van der Waals surface area contributed by atoms with Gasteiger partial charge in [-0.3, -0.25) is 4.79 Å². The predicted octanol–water partition coefficient (Wildman–Crippen LogP) is 3.95. The topological polar surface area (TPSA) is 88.8 Å². The minimum atomic E-state index is -1.58. The first-order valence-corrected chi connectivity index (χ1v) is 8.77. The fourth-order valence-electron chi connectivity index (χ4n) is 2.89. The normalized spacial score (nSPS) is 10.9. The maximum absolute atomic E-state index is 12.6.